The maximum atomic E-state index is 12.8. The van der Waals surface area contributed by atoms with E-state index in [0.29, 0.717) is 31.9 Å². The standard InChI is InChI=1S/C18H20N6O3S/c1-12(2)23-15(5-6-19-23)17(25)21-7-9-22(10-8-21)18-20-14-4-3-13(24(26)27)11-16(14)28-18/h3-6,11-12H,7-10H2,1-2H3. The second kappa shape index (κ2) is 7.19. The van der Waals surface area contributed by atoms with Gasteiger partial charge >= 0.3 is 0 Å². The summed E-state index contributed by atoms with van der Waals surface area (Å²) in [5, 5.41) is 16.0. The molecule has 9 nitrogen and oxygen atoms in total. The van der Waals surface area contributed by atoms with Crippen molar-refractivity contribution < 1.29 is 9.72 Å². The lowest BCUT2D eigenvalue weighted by Gasteiger charge is -2.34. The Balaban J connectivity index is 1.46. The molecular formula is C18H20N6O3S. The van der Waals surface area contributed by atoms with Crippen molar-refractivity contribution in [2.75, 3.05) is 31.1 Å². The van der Waals surface area contributed by atoms with Crippen LogP contribution in [-0.2, 0) is 0 Å². The lowest BCUT2D eigenvalue weighted by molar-refractivity contribution is -0.384. The third-order valence-electron chi connectivity index (χ3n) is 4.79. The van der Waals surface area contributed by atoms with Crippen molar-refractivity contribution in [1.82, 2.24) is 19.7 Å². The highest BCUT2D eigenvalue weighted by Gasteiger charge is 2.26. The van der Waals surface area contributed by atoms with Gasteiger partial charge in [-0.15, -0.1) is 0 Å². The number of benzene rings is 1. The third-order valence-corrected chi connectivity index (χ3v) is 5.87. The van der Waals surface area contributed by atoms with Crippen molar-refractivity contribution in [1.29, 1.82) is 0 Å². The average Bonchev–Trinajstić information content (AvgIpc) is 3.34. The van der Waals surface area contributed by atoms with Gasteiger partial charge in [-0.05, 0) is 26.0 Å². The van der Waals surface area contributed by atoms with Gasteiger partial charge in [0.15, 0.2) is 5.13 Å². The number of anilines is 1. The van der Waals surface area contributed by atoms with Crippen molar-refractivity contribution in [3.05, 3.63) is 46.3 Å². The fourth-order valence-electron chi connectivity index (χ4n) is 3.31. The van der Waals surface area contributed by atoms with Crippen LogP contribution in [-0.4, -0.2) is 56.7 Å². The molecule has 0 radical (unpaired) electrons. The number of piperazine rings is 1. The smallest absolute Gasteiger partial charge is 0.272 e. The molecule has 1 aliphatic rings. The number of nitro benzene ring substituents is 1. The Hall–Kier alpha value is -3.01. The van der Waals surface area contributed by atoms with Crippen molar-refractivity contribution in [3.63, 3.8) is 0 Å². The van der Waals surface area contributed by atoms with Gasteiger partial charge in [-0.25, -0.2) is 4.98 Å². The topological polar surface area (TPSA) is 97.4 Å². The molecule has 0 bridgehead atoms. The van der Waals surface area contributed by atoms with E-state index < -0.39 is 4.92 Å². The molecule has 1 amide bonds. The van der Waals surface area contributed by atoms with Crippen LogP contribution in [0.1, 0.15) is 30.4 Å². The molecule has 1 fully saturated rings. The second-order valence-corrected chi connectivity index (χ2v) is 7.95. The predicted molar refractivity (Wildman–Crippen MR) is 107 cm³/mol. The maximum absolute atomic E-state index is 12.8. The number of carbonyl (C=O) groups excluding carboxylic acids is 1. The summed E-state index contributed by atoms with van der Waals surface area (Å²) in [6, 6.07) is 6.60. The summed E-state index contributed by atoms with van der Waals surface area (Å²) in [5.74, 6) is -0.00854. The van der Waals surface area contributed by atoms with E-state index in [9.17, 15) is 14.9 Å². The molecule has 0 aliphatic carbocycles. The monoisotopic (exact) mass is 400 g/mol. The normalized spacial score (nSPS) is 14.8. The first-order valence-corrected chi connectivity index (χ1v) is 9.88. The Kier molecular flexibility index (Phi) is 4.71. The van der Waals surface area contributed by atoms with Gasteiger partial charge in [0.2, 0.25) is 0 Å². The zero-order valence-electron chi connectivity index (χ0n) is 15.6. The number of carbonyl (C=O) groups is 1. The minimum Gasteiger partial charge on any atom is -0.345 e. The molecule has 0 saturated carbocycles. The number of aromatic nitrogens is 3. The van der Waals surface area contributed by atoms with E-state index >= 15 is 0 Å². The number of non-ortho nitro benzene ring substituents is 1. The van der Waals surface area contributed by atoms with Gasteiger partial charge in [0, 0.05) is 50.6 Å². The number of fused-ring (bicyclic) bond motifs is 1. The van der Waals surface area contributed by atoms with Gasteiger partial charge in [0.05, 0.1) is 15.1 Å². The van der Waals surface area contributed by atoms with Crippen molar-refractivity contribution >= 4 is 38.3 Å². The summed E-state index contributed by atoms with van der Waals surface area (Å²) >= 11 is 1.44. The minimum atomic E-state index is -0.398. The van der Waals surface area contributed by atoms with Gasteiger partial charge in [-0.1, -0.05) is 11.3 Å². The molecule has 146 valence electrons. The van der Waals surface area contributed by atoms with E-state index in [4.69, 9.17) is 0 Å². The molecule has 28 heavy (non-hydrogen) atoms. The molecule has 10 heteroatoms. The Morgan fingerprint density at radius 3 is 2.64 bits per heavy atom. The Morgan fingerprint density at radius 2 is 1.96 bits per heavy atom. The summed E-state index contributed by atoms with van der Waals surface area (Å²) in [4.78, 5) is 32.0. The number of nitrogens with zero attached hydrogens (tertiary/aromatic N) is 6. The van der Waals surface area contributed by atoms with Crippen molar-refractivity contribution in [3.8, 4) is 0 Å². The van der Waals surface area contributed by atoms with E-state index in [1.807, 2.05) is 18.7 Å². The van der Waals surface area contributed by atoms with Crippen LogP contribution in [0.2, 0.25) is 0 Å². The van der Waals surface area contributed by atoms with Crippen LogP contribution in [0.15, 0.2) is 30.5 Å². The predicted octanol–water partition coefficient (Wildman–Crippen LogP) is 2.94. The molecule has 3 heterocycles. The summed E-state index contributed by atoms with van der Waals surface area (Å²) < 4.78 is 2.54. The first kappa shape index (κ1) is 18.4. The van der Waals surface area contributed by atoms with E-state index in [1.165, 1.54) is 17.4 Å². The molecular weight excluding hydrogens is 380 g/mol. The largest absolute Gasteiger partial charge is 0.345 e. The highest BCUT2D eigenvalue weighted by Crippen LogP contribution is 2.32. The number of nitro groups is 1. The highest BCUT2D eigenvalue weighted by molar-refractivity contribution is 7.22. The Labute approximate surface area is 165 Å². The van der Waals surface area contributed by atoms with Gasteiger partial charge < -0.3 is 9.80 Å². The number of rotatable bonds is 4. The maximum Gasteiger partial charge on any atom is 0.272 e. The SMILES string of the molecule is CC(C)n1nccc1C(=O)N1CCN(c2nc3ccc([N+](=O)[O-])cc3s2)CC1. The van der Waals surface area contributed by atoms with Gasteiger partial charge in [0.1, 0.15) is 5.69 Å². The van der Waals surface area contributed by atoms with E-state index in [2.05, 4.69) is 15.0 Å². The van der Waals surface area contributed by atoms with Gasteiger partial charge in [-0.2, -0.15) is 5.10 Å². The van der Waals surface area contributed by atoms with Crippen LogP contribution >= 0.6 is 11.3 Å². The highest BCUT2D eigenvalue weighted by atomic mass is 32.1. The molecule has 0 atom stereocenters. The molecule has 3 aromatic rings. The zero-order chi connectivity index (χ0) is 19.8. The Bertz CT molecular complexity index is 1040. The summed E-state index contributed by atoms with van der Waals surface area (Å²) in [5.41, 5.74) is 1.43. The first-order chi connectivity index (χ1) is 13.4. The van der Waals surface area contributed by atoms with Crippen LogP contribution in [0.3, 0.4) is 0 Å². The summed E-state index contributed by atoms with van der Waals surface area (Å²) in [6.45, 7) is 6.53. The first-order valence-electron chi connectivity index (χ1n) is 9.07. The summed E-state index contributed by atoms with van der Waals surface area (Å²) in [6.07, 6.45) is 1.66. The average molecular weight is 400 g/mol. The van der Waals surface area contributed by atoms with Crippen LogP contribution in [0.5, 0.6) is 0 Å². The molecule has 4 rings (SSSR count). The quantitative estimate of drug-likeness (QED) is 0.493. The van der Waals surface area contributed by atoms with E-state index in [1.54, 1.807) is 29.1 Å². The van der Waals surface area contributed by atoms with Gasteiger partial charge in [-0.3, -0.25) is 19.6 Å². The molecule has 0 spiro atoms. The molecule has 0 unspecified atom stereocenters. The van der Waals surface area contributed by atoms with E-state index in [-0.39, 0.29) is 17.6 Å². The minimum absolute atomic E-state index is 0.00854. The second-order valence-electron chi connectivity index (χ2n) is 6.94. The van der Waals surface area contributed by atoms with Crippen molar-refractivity contribution in [2.24, 2.45) is 0 Å². The number of hydrogen-bond donors (Lipinski definition) is 0. The van der Waals surface area contributed by atoms with Gasteiger partial charge in [0.25, 0.3) is 11.6 Å². The lowest BCUT2D eigenvalue weighted by Crippen LogP contribution is -2.49. The summed E-state index contributed by atoms with van der Waals surface area (Å²) in [7, 11) is 0. The number of hydrogen-bond acceptors (Lipinski definition) is 7. The third kappa shape index (κ3) is 3.31. The van der Waals surface area contributed by atoms with Crippen LogP contribution in [0.25, 0.3) is 10.2 Å². The molecule has 2 aromatic heterocycles. The van der Waals surface area contributed by atoms with E-state index in [0.717, 1.165) is 15.3 Å². The molecule has 1 aliphatic heterocycles. The van der Waals surface area contributed by atoms with Crippen molar-refractivity contribution in [2.45, 2.75) is 19.9 Å². The zero-order valence-corrected chi connectivity index (χ0v) is 16.4. The lowest BCUT2D eigenvalue weighted by atomic mass is 10.2. The Morgan fingerprint density at radius 1 is 1.21 bits per heavy atom. The fourth-order valence-corrected chi connectivity index (χ4v) is 4.36. The fraction of sp³-hybridized carbons (Fsp3) is 0.389. The molecule has 1 saturated heterocycles. The molecule has 1 aromatic carbocycles. The van der Waals surface area contributed by atoms with Crippen LogP contribution < -0.4 is 4.90 Å². The number of amides is 1. The number of thiazole rings is 1. The van der Waals surface area contributed by atoms with Crippen LogP contribution in [0.4, 0.5) is 10.8 Å². The van der Waals surface area contributed by atoms with Crippen LogP contribution in [0, 0.1) is 10.1 Å². The molecule has 0 N–H and O–H groups in total.